The summed E-state index contributed by atoms with van der Waals surface area (Å²) in [5.41, 5.74) is 1.69. The number of nitrogens with zero attached hydrogens (tertiary/aromatic N) is 2. The van der Waals surface area contributed by atoms with Crippen LogP contribution < -0.4 is 5.32 Å². The Hall–Kier alpha value is -1.79. The molecule has 6 heteroatoms. The van der Waals surface area contributed by atoms with E-state index >= 15 is 0 Å². The third-order valence-corrected chi connectivity index (χ3v) is 3.96. The Morgan fingerprint density at radius 2 is 2.40 bits per heavy atom. The Labute approximate surface area is 121 Å². The number of rotatable bonds is 4. The van der Waals surface area contributed by atoms with E-state index in [9.17, 15) is 4.79 Å². The molecule has 0 spiro atoms. The highest BCUT2D eigenvalue weighted by Gasteiger charge is 2.23. The first-order valence-corrected chi connectivity index (χ1v) is 7.46. The van der Waals surface area contributed by atoms with Crippen molar-refractivity contribution >= 4 is 17.2 Å². The molecule has 3 heterocycles. The molecule has 1 aliphatic heterocycles. The maximum Gasteiger partial charge on any atom is 0.249 e. The van der Waals surface area contributed by atoms with Gasteiger partial charge in [-0.3, -0.25) is 9.78 Å². The van der Waals surface area contributed by atoms with Crippen molar-refractivity contribution in [1.29, 1.82) is 0 Å². The highest BCUT2D eigenvalue weighted by atomic mass is 32.1. The van der Waals surface area contributed by atoms with Crippen molar-refractivity contribution in [3.05, 3.63) is 34.8 Å². The summed E-state index contributed by atoms with van der Waals surface area (Å²) in [6.07, 6.45) is 3.22. The van der Waals surface area contributed by atoms with Crippen LogP contribution in [0.3, 0.4) is 0 Å². The van der Waals surface area contributed by atoms with E-state index in [1.54, 1.807) is 6.20 Å². The van der Waals surface area contributed by atoms with Crippen molar-refractivity contribution in [2.24, 2.45) is 0 Å². The fraction of sp³-hybridized carbons (Fsp3) is 0.357. The van der Waals surface area contributed by atoms with Gasteiger partial charge in [0, 0.05) is 18.2 Å². The summed E-state index contributed by atoms with van der Waals surface area (Å²) in [4.78, 5) is 20.6. The molecular weight excluding hydrogens is 274 g/mol. The number of hydrogen-bond donors (Lipinski definition) is 1. The van der Waals surface area contributed by atoms with Crippen LogP contribution in [-0.2, 0) is 16.1 Å². The van der Waals surface area contributed by atoms with Gasteiger partial charge in [0.2, 0.25) is 5.91 Å². The zero-order chi connectivity index (χ0) is 13.8. The molecular formula is C14H15N3O2S. The first-order valence-electron chi connectivity index (χ1n) is 6.58. The van der Waals surface area contributed by atoms with Gasteiger partial charge < -0.3 is 10.1 Å². The number of amides is 1. The Balaban J connectivity index is 1.59. The van der Waals surface area contributed by atoms with Crippen LogP contribution in [0.25, 0.3) is 11.4 Å². The van der Waals surface area contributed by atoms with Gasteiger partial charge >= 0.3 is 0 Å². The van der Waals surface area contributed by atoms with Gasteiger partial charge in [0.25, 0.3) is 0 Å². The van der Waals surface area contributed by atoms with Crippen LogP contribution in [0.15, 0.2) is 29.8 Å². The lowest BCUT2D eigenvalue weighted by Crippen LogP contribution is -2.33. The van der Waals surface area contributed by atoms with Crippen molar-refractivity contribution in [1.82, 2.24) is 15.3 Å². The van der Waals surface area contributed by atoms with E-state index in [0.717, 1.165) is 29.2 Å². The maximum atomic E-state index is 11.8. The predicted octanol–water partition coefficient (Wildman–Crippen LogP) is 2.00. The van der Waals surface area contributed by atoms with Crippen LogP contribution in [0.4, 0.5) is 0 Å². The second kappa shape index (κ2) is 6.11. The Morgan fingerprint density at radius 3 is 3.15 bits per heavy atom. The quantitative estimate of drug-likeness (QED) is 0.935. The number of carbonyl (C=O) groups is 1. The molecule has 1 aliphatic rings. The van der Waals surface area contributed by atoms with E-state index in [-0.39, 0.29) is 12.0 Å². The van der Waals surface area contributed by atoms with Crippen LogP contribution in [0.1, 0.15) is 17.8 Å². The largest absolute Gasteiger partial charge is 0.368 e. The maximum absolute atomic E-state index is 11.8. The van der Waals surface area contributed by atoms with Gasteiger partial charge in [-0.25, -0.2) is 4.98 Å². The zero-order valence-corrected chi connectivity index (χ0v) is 11.7. The van der Waals surface area contributed by atoms with Gasteiger partial charge in [0.15, 0.2) is 0 Å². The molecule has 104 valence electrons. The fourth-order valence-electron chi connectivity index (χ4n) is 2.09. The topological polar surface area (TPSA) is 64.1 Å². The minimum atomic E-state index is -0.287. The molecule has 1 unspecified atom stereocenters. The van der Waals surface area contributed by atoms with E-state index in [4.69, 9.17) is 4.74 Å². The molecule has 0 radical (unpaired) electrons. The minimum absolute atomic E-state index is 0.0444. The van der Waals surface area contributed by atoms with Crippen molar-refractivity contribution in [2.45, 2.75) is 25.5 Å². The molecule has 1 fully saturated rings. The molecule has 0 saturated carbocycles. The number of thiazole rings is 1. The summed E-state index contributed by atoms with van der Waals surface area (Å²) in [6.45, 7) is 1.12. The molecule has 1 N–H and O–H groups in total. The summed E-state index contributed by atoms with van der Waals surface area (Å²) in [6, 6.07) is 5.73. The number of nitrogens with one attached hydrogen (secondary N) is 1. The minimum Gasteiger partial charge on any atom is -0.368 e. The van der Waals surface area contributed by atoms with Crippen LogP contribution in [0.2, 0.25) is 0 Å². The van der Waals surface area contributed by atoms with E-state index in [2.05, 4.69) is 15.3 Å². The van der Waals surface area contributed by atoms with Crippen molar-refractivity contribution in [3.63, 3.8) is 0 Å². The van der Waals surface area contributed by atoms with Gasteiger partial charge in [0.1, 0.15) is 11.1 Å². The molecule has 1 atom stereocenters. The number of ether oxygens (including phenoxy) is 1. The average Bonchev–Trinajstić information content (AvgIpc) is 3.17. The number of hydrogen-bond acceptors (Lipinski definition) is 5. The molecule has 20 heavy (non-hydrogen) atoms. The summed E-state index contributed by atoms with van der Waals surface area (Å²) in [5, 5.41) is 5.70. The van der Waals surface area contributed by atoms with Gasteiger partial charge in [-0.05, 0) is 25.0 Å². The third kappa shape index (κ3) is 3.02. The summed E-state index contributed by atoms with van der Waals surface area (Å²) in [7, 11) is 0. The van der Waals surface area contributed by atoms with Crippen molar-refractivity contribution in [3.8, 4) is 11.4 Å². The van der Waals surface area contributed by atoms with Crippen molar-refractivity contribution in [2.75, 3.05) is 6.61 Å². The van der Waals surface area contributed by atoms with E-state index in [1.165, 1.54) is 11.3 Å². The predicted molar refractivity (Wildman–Crippen MR) is 76.2 cm³/mol. The first kappa shape index (κ1) is 13.2. The van der Waals surface area contributed by atoms with Crippen LogP contribution in [0.5, 0.6) is 0 Å². The number of aromatic nitrogens is 2. The van der Waals surface area contributed by atoms with Crippen LogP contribution in [0, 0.1) is 0 Å². The third-order valence-electron chi connectivity index (χ3n) is 3.12. The molecule has 1 saturated heterocycles. The molecule has 2 aromatic rings. The summed E-state index contributed by atoms with van der Waals surface area (Å²) < 4.78 is 5.34. The molecule has 5 nitrogen and oxygen atoms in total. The summed E-state index contributed by atoms with van der Waals surface area (Å²) in [5.74, 6) is -0.0444. The molecule has 1 amide bonds. The highest BCUT2D eigenvalue weighted by Crippen LogP contribution is 2.19. The number of pyridine rings is 1. The zero-order valence-electron chi connectivity index (χ0n) is 10.9. The molecule has 0 aliphatic carbocycles. The van der Waals surface area contributed by atoms with Gasteiger partial charge in [-0.15, -0.1) is 11.3 Å². The van der Waals surface area contributed by atoms with Gasteiger partial charge in [-0.1, -0.05) is 6.07 Å². The van der Waals surface area contributed by atoms with Crippen LogP contribution >= 0.6 is 11.3 Å². The normalized spacial score (nSPS) is 18.1. The Kier molecular flexibility index (Phi) is 4.03. The van der Waals surface area contributed by atoms with E-state index < -0.39 is 0 Å². The molecule has 2 aromatic heterocycles. The Bertz CT molecular complexity index is 579. The van der Waals surface area contributed by atoms with Gasteiger partial charge in [-0.2, -0.15) is 0 Å². The molecule has 0 bridgehead atoms. The molecule has 0 aromatic carbocycles. The highest BCUT2D eigenvalue weighted by molar-refractivity contribution is 7.09. The lowest BCUT2D eigenvalue weighted by molar-refractivity contribution is -0.130. The monoisotopic (exact) mass is 289 g/mol. The smallest absolute Gasteiger partial charge is 0.249 e. The lowest BCUT2D eigenvalue weighted by atomic mass is 10.2. The second-order valence-electron chi connectivity index (χ2n) is 4.56. The SMILES string of the molecule is O=C(NCc1nc(-c2ccccn2)cs1)C1CCCO1. The fourth-order valence-corrected chi connectivity index (χ4v) is 2.81. The number of carbonyl (C=O) groups excluding carboxylic acids is 1. The average molecular weight is 289 g/mol. The van der Waals surface area contributed by atoms with E-state index in [0.29, 0.717) is 13.2 Å². The van der Waals surface area contributed by atoms with Crippen LogP contribution in [-0.4, -0.2) is 28.6 Å². The Morgan fingerprint density at radius 1 is 1.45 bits per heavy atom. The molecule has 3 rings (SSSR count). The second-order valence-corrected chi connectivity index (χ2v) is 5.50. The van der Waals surface area contributed by atoms with Gasteiger partial charge in [0.05, 0.1) is 17.9 Å². The van der Waals surface area contributed by atoms with Crippen molar-refractivity contribution < 1.29 is 9.53 Å². The van der Waals surface area contributed by atoms with E-state index in [1.807, 2.05) is 23.6 Å². The summed E-state index contributed by atoms with van der Waals surface area (Å²) >= 11 is 1.52. The standard InChI is InChI=1S/C14H15N3O2S/c18-14(12-5-3-7-19-12)16-8-13-17-11(9-20-13)10-4-1-2-6-15-10/h1-2,4,6,9,12H,3,5,7-8H2,(H,16,18). The first-order chi connectivity index (χ1) is 9.83. The lowest BCUT2D eigenvalue weighted by Gasteiger charge is -2.08.